The van der Waals surface area contributed by atoms with E-state index in [4.69, 9.17) is 9.05 Å². The van der Waals surface area contributed by atoms with Crippen molar-refractivity contribution in [1.29, 1.82) is 0 Å². The average Bonchev–Trinajstić information content (AvgIpc) is 1.43. The van der Waals surface area contributed by atoms with Crippen molar-refractivity contribution >= 4 is 19.0 Å². The molecule has 3 nitrogen and oxygen atoms in total. The van der Waals surface area contributed by atoms with Gasteiger partial charge in [0.1, 0.15) is 0 Å². The van der Waals surface area contributed by atoms with Crippen LogP contribution in [0.1, 0.15) is 41.5 Å². The molecule has 0 heterocycles. The van der Waals surface area contributed by atoms with E-state index in [9.17, 15) is 4.57 Å². The predicted octanol–water partition coefficient (Wildman–Crippen LogP) is 3.65. The molecule has 0 unspecified atom stereocenters. The summed E-state index contributed by atoms with van der Waals surface area (Å²) in [6, 6.07) is 0. The smallest absolute Gasteiger partial charge is 0.295 e. The first kappa shape index (κ1) is 13.5. The Bertz CT molecular complexity index is 194. The van der Waals surface area contributed by atoms with Gasteiger partial charge in [-0.3, -0.25) is 9.05 Å². The third-order valence-corrected chi connectivity index (χ3v) is 2.83. The van der Waals surface area contributed by atoms with Gasteiger partial charge in [0, 0.05) is 0 Å². The molecule has 0 aliphatic heterocycles. The molecule has 0 saturated carbocycles. The second-order valence-electron chi connectivity index (χ2n) is 4.88. The zero-order valence-corrected chi connectivity index (χ0v) is 10.9. The summed E-state index contributed by atoms with van der Waals surface area (Å²) in [5, 5.41) is 0. The molecular formula is C8H19O3PS. The lowest BCUT2D eigenvalue weighted by molar-refractivity contribution is 0.0595. The Hall–Kier alpha value is 0.500. The third-order valence-electron chi connectivity index (χ3n) is 0.778. The molecule has 0 saturated heterocycles. The molecule has 0 aliphatic rings. The average molecular weight is 226 g/mol. The summed E-state index contributed by atoms with van der Waals surface area (Å²) < 4.78 is 22.1. The highest BCUT2D eigenvalue weighted by Gasteiger charge is 2.31. The fraction of sp³-hybridized carbons (Fsp3) is 1.00. The zero-order chi connectivity index (χ0) is 10.9. The summed E-state index contributed by atoms with van der Waals surface area (Å²) in [7, 11) is 0. The Kier molecular flexibility index (Phi) is 4.08. The fourth-order valence-electron chi connectivity index (χ4n) is 0.711. The molecule has 13 heavy (non-hydrogen) atoms. The van der Waals surface area contributed by atoms with E-state index in [1.807, 2.05) is 41.5 Å². The fourth-order valence-corrected chi connectivity index (χ4v) is 3.60. The first-order chi connectivity index (χ1) is 5.41. The molecule has 0 aliphatic carbocycles. The van der Waals surface area contributed by atoms with Crippen molar-refractivity contribution in [3.63, 3.8) is 0 Å². The molecule has 80 valence electrons. The second-order valence-corrected chi connectivity index (χ2v) is 7.65. The van der Waals surface area contributed by atoms with Crippen molar-refractivity contribution < 1.29 is 13.6 Å². The molecular weight excluding hydrogens is 207 g/mol. The van der Waals surface area contributed by atoms with E-state index in [2.05, 4.69) is 12.2 Å². The lowest BCUT2D eigenvalue weighted by Gasteiger charge is -2.28. The maximum Gasteiger partial charge on any atom is 0.387 e. The lowest BCUT2D eigenvalue weighted by Crippen LogP contribution is -2.22. The summed E-state index contributed by atoms with van der Waals surface area (Å²) in [5.74, 6) is 0. The van der Waals surface area contributed by atoms with E-state index in [1.165, 1.54) is 0 Å². The van der Waals surface area contributed by atoms with Crippen LogP contribution in [-0.2, 0) is 13.6 Å². The van der Waals surface area contributed by atoms with Gasteiger partial charge in [-0.05, 0) is 41.5 Å². The van der Waals surface area contributed by atoms with Crippen LogP contribution in [0.4, 0.5) is 0 Å². The molecule has 0 aromatic carbocycles. The Morgan fingerprint density at radius 1 is 0.923 bits per heavy atom. The minimum absolute atomic E-state index is 0.511. The highest BCUT2D eigenvalue weighted by Crippen LogP contribution is 2.58. The molecule has 0 spiro atoms. The highest BCUT2D eigenvalue weighted by molar-refractivity contribution is 8.44. The van der Waals surface area contributed by atoms with E-state index in [0.717, 1.165) is 0 Å². The Labute approximate surface area is 85.9 Å². The number of hydrogen-bond acceptors (Lipinski definition) is 3. The zero-order valence-electron chi connectivity index (χ0n) is 9.12. The van der Waals surface area contributed by atoms with Crippen molar-refractivity contribution in [3.8, 4) is 0 Å². The Morgan fingerprint density at radius 2 is 1.15 bits per heavy atom. The van der Waals surface area contributed by atoms with Crippen LogP contribution < -0.4 is 0 Å². The number of hydrogen-bond donors (Lipinski definition) is 1. The summed E-state index contributed by atoms with van der Waals surface area (Å²) in [4.78, 5) is 0. The van der Waals surface area contributed by atoms with Gasteiger partial charge in [-0.15, -0.1) is 0 Å². The van der Waals surface area contributed by atoms with Gasteiger partial charge >= 0.3 is 6.80 Å². The van der Waals surface area contributed by atoms with Gasteiger partial charge < -0.3 is 0 Å². The Balaban J connectivity index is 4.35. The molecule has 0 atom stereocenters. The minimum atomic E-state index is -3.24. The van der Waals surface area contributed by atoms with Gasteiger partial charge in [-0.1, -0.05) is 12.2 Å². The first-order valence-electron chi connectivity index (χ1n) is 4.16. The van der Waals surface area contributed by atoms with Gasteiger partial charge in [0.15, 0.2) is 0 Å². The quantitative estimate of drug-likeness (QED) is 0.576. The normalized spacial score (nSPS) is 14.7. The summed E-state index contributed by atoms with van der Waals surface area (Å²) in [6.07, 6.45) is 0. The van der Waals surface area contributed by atoms with Gasteiger partial charge in [0.05, 0.1) is 11.2 Å². The third kappa shape index (κ3) is 8.82. The van der Waals surface area contributed by atoms with Gasteiger partial charge in [0.2, 0.25) is 0 Å². The van der Waals surface area contributed by atoms with Crippen LogP contribution >= 0.6 is 19.0 Å². The van der Waals surface area contributed by atoms with Crippen molar-refractivity contribution in [3.05, 3.63) is 0 Å². The highest BCUT2D eigenvalue weighted by atomic mass is 32.7. The largest absolute Gasteiger partial charge is 0.387 e. The molecule has 0 rings (SSSR count). The molecule has 0 aromatic heterocycles. The Morgan fingerprint density at radius 3 is 1.31 bits per heavy atom. The second kappa shape index (κ2) is 3.93. The monoisotopic (exact) mass is 226 g/mol. The van der Waals surface area contributed by atoms with Gasteiger partial charge in [0.25, 0.3) is 0 Å². The van der Waals surface area contributed by atoms with Crippen LogP contribution in [0, 0.1) is 0 Å². The van der Waals surface area contributed by atoms with E-state index in [0.29, 0.717) is 0 Å². The van der Waals surface area contributed by atoms with Crippen LogP contribution in [0.3, 0.4) is 0 Å². The molecule has 0 fully saturated rings. The van der Waals surface area contributed by atoms with Gasteiger partial charge in [-0.25, -0.2) is 4.57 Å². The number of thiol groups is 1. The van der Waals surface area contributed by atoms with Crippen molar-refractivity contribution in [2.24, 2.45) is 0 Å². The number of rotatable bonds is 2. The maximum absolute atomic E-state index is 11.7. The van der Waals surface area contributed by atoms with Crippen molar-refractivity contribution in [2.45, 2.75) is 52.7 Å². The van der Waals surface area contributed by atoms with E-state index >= 15 is 0 Å². The van der Waals surface area contributed by atoms with E-state index < -0.39 is 18.0 Å². The van der Waals surface area contributed by atoms with Crippen LogP contribution in [-0.4, -0.2) is 11.2 Å². The van der Waals surface area contributed by atoms with Crippen LogP contribution in [0.5, 0.6) is 0 Å². The molecule has 0 radical (unpaired) electrons. The lowest BCUT2D eigenvalue weighted by atomic mass is 10.2. The SMILES string of the molecule is CC(C)(C)OP(=O)(S)OC(C)(C)C. The van der Waals surface area contributed by atoms with Crippen LogP contribution in [0.2, 0.25) is 0 Å². The summed E-state index contributed by atoms with van der Waals surface area (Å²) in [5.41, 5.74) is -1.02. The molecule has 0 aromatic rings. The van der Waals surface area contributed by atoms with Crippen molar-refractivity contribution in [1.82, 2.24) is 0 Å². The minimum Gasteiger partial charge on any atom is -0.295 e. The van der Waals surface area contributed by atoms with Crippen molar-refractivity contribution in [2.75, 3.05) is 0 Å². The molecule has 0 amide bonds. The van der Waals surface area contributed by atoms with Crippen LogP contribution in [0.15, 0.2) is 0 Å². The maximum atomic E-state index is 11.7. The first-order valence-corrected chi connectivity index (χ1v) is 6.85. The standard InChI is InChI=1S/C8H19O3PS/c1-7(2,3)10-12(9,13)11-8(4,5)6/h1-6H3,(H,9,13). The molecule has 0 bridgehead atoms. The summed E-state index contributed by atoms with van der Waals surface area (Å²) in [6.45, 7) is 7.60. The van der Waals surface area contributed by atoms with E-state index in [-0.39, 0.29) is 0 Å². The topological polar surface area (TPSA) is 35.5 Å². The molecule has 5 heteroatoms. The predicted molar refractivity (Wildman–Crippen MR) is 58.3 cm³/mol. The summed E-state index contributed by atoms with van der Waals surface area (Å²) >= 11 is 3.88. The molecule has 0 N–H and O–H groups in total. The van der Waals surface area contributed by atoms with Gasteiger partial charge in [-0.2, -0.15) is 0 Å². The van der Waals surface area contributed by atoms with Crippen LogP contribution in [0.25, 0.3) is 0 Å². The van der Waals surface area contributed by atoms with E-state index in [1.54, 1.807) is 0 Å².